The van der Waals surface area contributed by atoms with Gasteiger partial charge in [0.15, 0.2) is 10.1 Å². The summed E-state index contributed by atoms with van der Waals surface area (Å²) in [6, 6.07) is 6.26. The van der Waals surface area contributed by atoms with E-state index in [1.807, 2.05) is 23.0 Å². The Kier molecular flexibility index (Phi) is 2.83. The summed E-state index contributed by atoms with van der Waals surface area (Å²) in [5.74, 6) is 0.794. The molecule has 0 aliphatic rings. The molecular weight excluding hydrogens is 302 g/mol. The average Bonchev–Trinajstić information content (AvgIpc) is 3.13. The van der Waals surface area contributed by atoms with Crippen molar-refractivity contribution < 1.29 is 4.42 Å². The second-order valence-electron chi connectivity index (χ2n) is 4.96. The standard InChI is InChI=1S/C15H13N3OS2/c1-8-4-5-10-6-12(19-13(10)9(8)2)11-7-18-14(16-11)21-15(17-18)20-3/h4-7H,1-3H3. The number of nitrogens with zero attached hydrogens (tertiary/aromatic N) is 3. The minimum Gasteiger partial charge on any atom is -0.454 e. The fourth-order valence-electron chi connectivity index (χ4n) is 2.35. The molecule has 0 aliphatic carbocycles. The van der Waals surface area contributed by atoms with Crippen LogP contribution in [0.2, 0.25) is 0 Å². The molecule has 4 nitrogen and oxygen atoms in total. The SMILES string of the molecule is CSc1nn2cc(-c3cc4ccc(C)c(C)c4o3)nc2s1. The number of thioether (sulfide) groups is 1. The van der Waals surface area contributed by atoms with Crippen LogP contribution in [0.5, 0.6) is 0 Å². The lowest BCUT2D eigenvalue weighted by Crippen LogP contribution is -1.79. The molecule has 6 heteroatoms. The highest BCUT2D eigenvalue weighted by molar-refractivity contribution is 8.00. The Morgan fingerprint density at radius 2 is 2.14 bits per heavy atom. The smallest absolute Gasteiger partial charge is 0.213 e. The van der Waals surface area contributed by atoms with Crippen molar-refractivity contribution in [3.63, 3.8) is 0 Å². The molecule has 0 aliphatic heterocycles. The summed E-state index contributed by atoms with van der Waals surface area (Å²) in [4.78, 5) is 5.50. The summed E-state index contributed by atoms with van der Waals surface area (Å²) < 4.78 is 8.85. The predicted molar refractivity (Wildman–Crippen MR) is 87.3 cm³/mol. The molecule has 3 heterocycles. The number of hydrogen-bond acceptors (Lipinski definition) is 5. The lowest BCUT2D eigenvalue weighted by Gasteiger charge is -1.98. The number of aromatic nitrogens is 3. The van der Waals surface area contributed by atoms with Crippen LogP contribution in [0.25, 0.3) is 27.4 Å². The van der Waals surface area contributed by atoms with Gasteiger partial charge in [-0.3, -0.25) is 0 Å². The Bertz CT molecular complexity index is 933. The van der Waals surface area contributed by atoms with E-state index >= 15 is 0 Å². The number of hydrogen-bond donors (Lipinski definition) is 0. The van der Waals surface area contributed by atoms with Gasteiger partial charge in [-0.2, -0.15) is 0 Å². The van der Waals surface area contributed by atoms with Gasteiger partial charge in [0, 0.05) is 5.39 Å². The van der Waals surface area contributed by atoms with E-state index in [4.69, 9.17) is 4.42 Å². The van der Waals surface area contributed by atoms with E-state index in [-0.39, 0.29) is 0 Å². The van der Waals surface area contributed by atoms with E-state index in [1.165, 1.54) is 11.1 Å². The number of furan rings is 1. The van der Waals surface area contributed by atoms with Gasteiger partial charge in [-0.1, -0.05) is 35.2 Å². The molecule has 4 aromatic rings. The summed E-state index contributed by atoms with van der Waals surface area (Å²) in [6.07, 6.45) is 3.94. The third kappa shape index (κ3) is 1.98. The first-order valence-corrected chi connectivity index (χ1v) is 8.60. The summed E-state index contributed by atoms with van der Waals surface area (Å²) >= 11 is 3.22. The average molecular weight is 315 g/mol. The molecule has 3 aromatic heterocycles. The van der Waals surface area contributed by atoms with Crippen molar-refractivity contribution >= 4 is 39.0 Å². The first kappa shape index (κ1) is 12.9. The van der Waals surface area contributed by atoms with Crippen LogP contribution in [0.15, 0.2) is 33.2 Å². The Morgan fingerprint density at radius 3 is 2.90 bits per heavy atom. The predicted octanol–water partition coefficient (Wildman–Crippen LogP) is 4.54. The van der Waals surface area contributed by atoms with Gasteiger partial charge in [0.1, 0.15) is 11.3 Å². The van der Waals surface area contributed by atoms with Gasteiger partial charge in [-0.25, -0.2) is 9.50 Å². The number of fused-ring (bicyclic) bond motifs is 2. The zero-order valence-electron chi connectivity index (χ0n) is 11.9. The van der Waals surface area contributed by atoms with Crippen LogP contribution < -0.4 is 0 Å². The van der Waals surface area contributed by atoms with E-state index < -0.39 is 0 Å². The van der Waals surface area contributed by atoms with E-state index in [2.05, 4.69) is 36.1 Å². The monoisotopic (exact) mass is 315 g/mol. The largest absolute Gasteiger partial charge is 0.454 e. The first-order valence-electron chi connectivity index (χ1n) is 6.56. The zero-order chi connectivity index (χ0) is 14.6. The molecule has 1 aromatic carbocycles. The second kappa shape index (κ2) is 4.61. The topological polar surface area (TPSA) is 43.3 Å². The third-order valence-electron chi connectivity index (χ3n) is 3.66. The Labute approximate surface area is 129 Å². The summed E-state index contributed by atoms with van der Waals surface area (Å²) in [5.41, 5.74) is 4.19. The van der Waals surface area contributed by atoms with Gasteiger partial charge in [0.05, 0.1) is 6.20 Å². The highest BCUT2D eigenvalue weighted by Gasteiger charge is 2.14. The van der Waals surface area contributed by atoms with Crippen LogP contribution in [-0.2, 0) is 0 Å². The fraction of sp³-hybridized carbons (Fsp3) is 0.200. The van der Waals surface area contributed by atoms with Crippen LogP contribution in [-0.4, -0.2) is 20.9 Å². The molecule has 0 spiro atoms. The molecule has 0 amide bonds. The number of aryl methyl sites for hydroxylation is 2. The fourth-order valence-corrected chi connectivity index (χ4v) is 3.69. The van der Waals surface area contributed by atoms with Crippen molar-refractivity contribution in [3.05, 3.63) is 35.5 Å². The molecule has 4 rings (SSSR count). The van der Waals surface area contributed by atoms with Crippen molar-refractivity contribution in [1.82, 2.24) is 14.6 Å². The van der Waals surface area contributed by atoms with E-state index in [0.29, 0.717) is 0 Å². The highest BCUT2D eigenvalue weighted by Crippen LogP contribution is 2.32. The molecule has 106 valence electrons. The Morgan fingerprint density at radius 1 is 1.29 bits per heavy atom. The number of benzene rings is 1. The molecule has 0 saturated heterocycles. The maximum absolute atomic E-state index is 6.02. The van der Waals surface area contributed by atoms with Gasteiger partial charge >= 0.3 is 0 Å². The highest BCUT2D eigenvalue weighted by atomic mass is 32.2. The van der Waals surface area contributed by atoms with Gasteiger partial charge in [0.25, 0.3) is 0 Å². The minimum atomic E-state index is 0.794. The summed E-state index contributed by atoms with van der Waals surface area (Å²) in [7, 11) is 0. The summed E-state index contributed by atoms with van der Waals surface area (Å²) in [6.45, 7) is 4.18. The minimum absolute atomic E-state index is 0.794. The Balaban J connectivity index is 1.87. The number of rotatable bonds is 2. The molecular formula is C15H13N3OS2. The van der Waals surface area contributed by atoms with Crippen molar-refractivity contribution in [2.45, 2.75) is 18.2 Å². The van der Waals surface area contributed by atoms with Crippen molar-refractivity contribution in [2.24, 2.45) is 0 Å². The van der Waals surface area contributed by atoms with Crippen molar-refractivity contribution in [1.29, 1.82) is 0 Å². The first-order chi connectivity index (χ1) is 10.2. The maximum atomic E-state index is 6.02. The Hall–Kier alpha value is -1.79. The maximum Gasteiger partial charge on any atom is 0.213 e. The second-order valence-corrected chi connectivity index (χ2v) is 6.97. The molecule has 0 atom stereocenters. The molecule has 21 heavy (non-hydrogen) atoms. The normalized spacial score (nSPS) is 11.8. The zero-order valence-corrected chi connectivity index (χ0v) is 13.5. The van der Waals surface area contributed by atoms with Gasteiger partial charge in [0.2, 0.25) is 4.96 Å². The molecule has 0 saturated carbocycles. The van der Waals surface area contributed by atoms with Gasteiger partial charge in [-0.05, 0) is 37.3 Å². The van der Waals surface area contributed by atoms with Crippen LogP contribution in [0.3, 0.4) is 0 Å². The summed E-state index contributed by atoms with van der Waals surface area (Å²) in [5, 5.41) is 5.57. The number of imidazole rings is 1. The third-order valence-corrected chi connectivity index (χ3v) is 5.56. The van der Waals surface area contributed by atoms with E-state index in [0.717, 1.165) is 31.7 Å². The van der Waals surface area contributed by atoms with Crippen LogP contribution in [0.1, 0.15) is 11.1 Å². The van der Waals surface area contributed by atoms with E-state index in [1.54, 1.807) is 23.1 Å². The molecule has 0 radical (unpaired) electrons. The molecule has 0 bridgehead atoms. The van der Waals surface area contributed by atoms with Crippen molar-refractivity contribution in [2.75, 3.05) is 6.26 Å². The molecule has 0 fully saturated rings. The van der Waals surface area contributed by atoms with Gasteiger partial charge < -0.3 is 4.42 Å². The van der Waals surface area contributed by atoms with Crippen LogP contribution in [0, 0.1) is 13.8 Å². The van der Waals surface area contributed by atoms with Crippen LogP contribution in [0.4, 0.5) is 0 Å². The van der Waals surface area contributed by atoms with Crippen LogP contribution >= 0.6 is 23.1 Å². The quantitative estimate of drug-likeness (QED) is 0.509. The lowest BCUT2D eigenvalue weighted by atomic mass is 10.1. The van der Waals surface area contributed by atoms with Crippen molar-refractivity contribution in [3.8, 4) is 11.5 Å². The van der Waals surface area contributed by atoms with Gasteiger partial charge in [-0.15, -0.1) is 5.10 Å². The molecule has 0 N–H and O–H groups in total. The van der Waals surface area contributed by atoms with E-state index in [9.17, 15) is 0 Å². The molecule has 0 unspecified atom stereocenters. The lowest BCUT2D eigenvalue weighted by molar-refractivity contribution is 0.626.